The van der Waals surface area contributed by atoms with Crippen molar-refractivity contribution >= 4 is 11.3 Å². The molecule has 0 saturated carbocycles. The summed E-state index contributed by atoms with van der Waals surface area (Å²) >= 11 is 1.71. The molecule has 0 bridgehead atoms. The lowest BCUT2D eigenvalue weighted by molar-refractivity contribution is -0.0897. The van der Waals surface area contributed by atoms with Gasteiger partial charge in [0.1, 0.15) is 0 Å². The van der Waals surface area contributed by atoms with Crippen molar-refractivity contribution in [2.24, 2.45) is 0 Å². The van der Waals surface area contributed by atoms with Gasteiger partial charge in [-0.2, -0.15) is 0 Å². The first-order chi connectivity index (χ1) is 7.27. The highest BCUT2D eigenvalue weighted by atomic mass is 32.1. The standard InChI is InChI=1S/C11H16FNOS/c1-8-4-6-15-10(8)7-13-9-3-2-5-14-11(9)12/h4,6,9,11,13H,2-3,5,7H2,1H3. The Morgan fingerprint density at radius 2 is 2.53 bits per heavy atom. The highest BCUT2D eigenvalue weighted by Crippen LogP contribution is 2.18. The lowest BCUT2D eigenvalue weighted by Crippen LogP contribution is -2.41. The highest BCUT2D eigenvalue weighted by molar-refractivity contribution is 7.10. The van der Waals surface area contributed by atoms with E-state index < -0.39 is 6.36 Å². The van der Waals surface area contributed by atoms with Gasteiger partial charge >= 0.3 is 0 Å². The average Bonchev–Trinajstić information content (AvgIpc) is 2.63. The van der Waals surface area contributed by atoms with Gasteiger partial charge in [0.15, 0.2) is 0 Å². The summed E-state index contributed by atoms with van der Waals surface area (Å²) < 4.78 is 18.3. The van der Waals surface area contributed by atoms with E-state index in [1.54, 1.807) is 11.3 Å². The van der Waals surface area contributed by atoms with Crippen LogP contribution in [0.15, 0.2) is 11.4 Å². The number of alkyl halides is 1. The van der Waals surface area contributed by atoms with Crippen molar-refractivity contribution in [3.8, 4) is 0 Å². The Morgan fingerprint density at radius 1 is 1.67 bits per heavy atom. The molecule has 0 radical (unpaired) electrons. The van der Waals surface area contributed by atoms with Gasteiger partial charge in [0, 0.05) is 11.4 Å². The Balaban J connectivity index is 1.84. The van der Waals surface area contributed by atoms with E-state index in [0.717, 1.165) is 19.4 Å². The maximum absolute atomic E-state index is 13.3. The normalized spacial score (nSPS) is 26.8. The summed E-state index contributed by atoms with van der Waals surface area (Å²) in [5, 5.41) is 5.29. The molecule has 0 spiro atoms. The number of rotatable bonds is 3. The minimum Gasteiger partial charge on any atom is -0.347 e. The third-order valence-corrected chi connectivity index (χ3v) is 3.77. The lowest BCUT2D eigenvalue weighted by atomic mass is 10.1. The molecule has 2 nitrogen and oxygen atoms in total. The van der Waals surface area contributed by atoms with E-state index in [-0.39, 0.29) is 6.04 Å². The maximum atomic E-state index is 13.3. The molecule has 1 aliphatic heterocycles. The molecule has 1 N–H and O–H groups in total. The molecule has 1 fully saturated rings. The first-order valence-corrected chi connectivity index (χ1v) is 6.17. The fourth-order valence-electron chi connectivity index (χ4n) is 1.75. The van der Waals surface area contributed by atoms with Gasteiger partial charge in [0.25, 0.3) is 0 Å². The van der Waals surface area contributed by atoms with E-state index in [4.69, 9.17) is 4.74 Å². The van der Waals surface area contributed by atoms with Crippen molar-refractivity contribution in [2.45, 2.75) is 38.7 Å². The Hall–Kier alpha value is -0.450. The predicted molar refractivity (Wildman–Crippen MR) is 59.8 cm³/mol. The van der Waals surface area contributed by atoms with Crippen LogP contribution in [-0.2, 0) is 11.3 Å². The number of nitrogens with one attached hydrogen (secondary N) is 1. The maximum Gasteiger partial charge on any atom is 0.214 e. The largest absolute Gasteiger partial charge is 0.347 e. The molecule has 15 heavy (non-hydrogen) atoms. The van der Waals surface area contributed by atoms with Crippen LogP contribution in [0, 0.1) is 6.92 Å². The quantitative estimate of drug-likeness (QED) is 0.860. The molecule has 0 aliphatic carbocycles. The molecule has 2 heterocycles. The zero-order valence-corrected chi connectivity index (χ0v) is 9.65. The monoisotopic (exact) mass is 229 g/mol. The summed E-state index contributed by atoms with van der Waals surface area (Å²) in [7, 11) is 0. The Labute approximate surface area is 93.4 Å². The zero-order valence-electron chi connectivity index (χ0n) is 8.83. The molecule has 0 amide bonds. The third kappa shape index (κ3) is 2.77. The van der Waals surface area contributed by atoms with Crippen LogP contribution in [-0.4, -0.2) is 19.0 Å². The van der Waals surface area contributed by atoms with Gasteiger partial charge in [-0.3, -0.25) is 0 Å². The number of halogens is 1. The van der Waals surface area contributed by atoms with Gasteiger partial charge in [0.05, 0.1) is 12.6 Å². The Kier molecular flexibility index (Phi) is 3.72. The van der Waals surface area contributed by atoms with Crippen molar-refractivity contribution in [3.63, 3.8) is 0 Å². The fraction of sp³-hybridized carbons (Fsp3) is 0.636. The molecule has 2 rings (SSSR count). The summed E-state index contributed by atoms with van der Waals surface area (Å²) in [5.74, 6) is 0. The van der Waals surface area contributed by atoms with E-state index in [2.05, 4.69) is 23.7 Å². The van der Waals surface area contributed by atoms with E-state index >= 15 is 0 Å². The Bertz CT molecular complexity index is 315. The van der Waals surface area contributed by atoms with Crippen LogP contribution >= 0.6 is 11.3 Å². The van der Waals surface area contributed by atoms with Crippen LogP contribution in [0.5, 0.6) is 0 Å². The van der Waals surface area contributed by atoms with E-state index in [1.807, 2.05) is 0 Å². The van der Waals surface area contributed by atoms with Gasteiger partial charge in [0.2, 0.25) is 6.36 Å². The van der Waals surface area contributed by atoms with Crippen molar-refractivity contribution in [1.29, 1.82) is 0 Å². The van der Waals surface area contributed by atoms with E-state index in [1.165, 1.54) is 10.4 Å². The zero-order chi connectivity index (χ0) is 10.7. The number of thiophene rings is 1. The second-order valence-electron chi connectivity index (χ2n) is 3.88. The topological polar surface area (TPSA) is 21.3 Å². The molecule has 1 aliphatic rings. The minimum atomic E-state index is -1.14. The van der Waals surface area contributed by atoms with Crippen LogP contribution < -0.4 is 5.32 Å². The number of aryl methyl sites for hydroxylation is 1. The second kappa shape index (κ2) is 5.05. The molecule has 84 valence electrons. The highest BCUT2D eigenvalue weighted by Gasteiger charge is 2.24. The average molecular weight is 229 g/mol. The predicted octanol–water partition coefficient (Wildman–Crippen LogP) is 2.62. The molecule has 1 aromatic heterocycles. The molecular weight excluding hydrogens is 213 g/mol. The third-order valence-electron chi connectivity index (χ3n) is 2.75. The van der Waals surface area contributed by atoms with Gasteiger partial charge in [-0.25, -0.2) is 4.39 Å². The fourth-order valence-corrected chi connectivity index (χ4v) is 2.61. The molecule has 2 atom stereocenters. The van der Waals surface area contributed by atoms with Crippen LogP contribution in [0.4, 0.5) is 4.39 Å². The number of hydrogen-bond donors (Lipinski definition) is 1. The summed E-state index contributed by atoms with van der Waals surface area (Å²) in [6, 6.07) is 1.95. The SMILES string of the molecule is Cc1ccsc1CNC1CCCOC1F. The second-order valence-corrected chi connectivity index (χ2v) is 4.88. The van der Waals surface area contributed by atoms with Gasteiger partial charge in [-0.1, -0.05) is 0 Å². The van der Waals surface area contributed by atoms with Gasteiger partial charge < -0.3 is 10.1 Å². The Morgan fingerprint density at radius 3 is 3.20 bits per heavy atom. The molecule has 0 aromatic carbocycles. The van der Waals surface area contributed by atoms with Crippen molar-refractivity contribution < 1.29 is 9.13 Å². The van der Waals surface area contributed by atoms with Crippen LogP contribution in [0.25, 0.3) is 0 Å². The lowest BCUT2D eigenvalue weighted by Gasteiger charge is -2.26. The summed E-state index contributed by atoms with van der Waals surface area (Å²) in [6.07, 6.45) is 0.673. The van der Waals surface area contributed by atoms with Crippen LogP contribution in [0.2, 0.25) is 0 Å². The summed E-state index contributed by atoms with van der Waals surface area (Å²) in [6.45, 7) is 3.38. The summed E-state index contributed by atoms with van der Waals surface area (Å²) in [4.78, 5) is 1.28. The summed E-state index contributed by atoms with van der Waals surface area (Å²) in [5.41, 5.74) is 1.28. The molecule has 2 unspecified atom stereocenters. The van der Waals surface area contributed by atoms with Gasteiger partial charge in [-0.05, 0) is 36.8 Å². The molecule has 1 saturated heterocycles. The van der Waals surface area contributed by atoms with Crippen molar-refractivity contribution in [1.82, 2.24) is 5.32 Å². The van der Waals surface area contributed by atoms with Crippen molar-refractivity contribution in [3.05, 3.63) is 21.9 Å². The first kappa shape index (κ1) is 11.0. The van der Waals surface area contributed by atoms with E-state index in [0.29, 0.717) is 6.61 Å². The number of ether oxygens (including phenoxy) is 1. The molecule has 4 heteroatoms. The number of hydrogen-bond acceptors (Lipinski definition) is 3. The van der Waals surface area contributed by atoms with Gasteiger partial charge in [-0.15, -0.1) is 11.3 Å². The molecular formula is C11H16FNOS. The van der Waals surface area contributed by atoms with Crippen molar-refractivity contribution in [2.75, 3.05) is 6.61 Å². The first-order valence-electron chi connectivity index (χ1n) is 5.29. The van der Waals surface area contributed by atoms with Crippen LogP contribution in [0.3, 0.4) is 0 Å². The minimum absolute atomic E-state index is 0.139. The van der Waals surface area contributed by atoms with Crippen LogP contribution in [0.1, 0.15) is 23.3 Å². The molecule has 1 aromatic rings. The smallest absolute Gasteiger partial charge is 0.214 e. The van der Waals surface area contributed by atoms with E-state index in [9.17, 15) is 4.39 Å².